The molecule has 1 atom stereocenters. The van der Waals surface area contributed by atoms with E-state index in [2.05, 4.69) is 58.1 Å². The number of benzene rings is 1. The quantitative estimate of drug-likeness (QED) is 0.778. The Morgan fingerprint density at radius 3 is 2.27 bits per heavy atom. The van der Waals surface area contributed by atoms with Gasteiger partial charge in [0.2, 0.25) is 0 Å². The summed E-state index contributed by atoms with van der Waals surface area (Å²) in [6.45, 7) is 11.1. The van der Waals surface area contributed by atoms with Crippen molar-refractivity contribution in [3.05, 3.63) is 29.3 Å². The number of anilines is 1. The Balaban J connectivity index is 2.75. The van der Waals surface area contributed by atoms with E-state index in [0.717, 1.165) is 0 Å². The van der Waals surface area contributed by atoms with E-state index in [4.69, 9.17) is 0 Å². The van der Waals surface area contributed by atoms with Crippen LogP contribution in [0.4, 0.5) is 5.69 Å². The standard InChI is InChI=1S/C14H23N/c1-6-14(10(2)3)15-13-8-7-11(4)12(5)9-13/h7-10,14-15H,6H2,1-5H3. The van der Waals surface area contributed by atoms with Gasteiger partial charge in [0.1, 0.15) is 0 Å². The van der Waals surface area contributed by atoms with Crippen LogP contribution in [-0.2, 0) is 0 Å². The first-order valence-electron chi connectivity index (χ1n) is 5.88. The van der Waals surface area contributed by atoms with Gasteiger partial charge in [0.15, 0.2) is 0 Å². The zero-order valence-corrected chi connectivity index (χ0v) is 10.6. The first-order valence-corrected chi connectivity index (χ1v) is 5.88. The van der Waals surface area contributed by atoms with Crippen molar-refractivity contribution in [2.75, 3.05) is 5.32 Å². The van der Waals surface area contributed by atoms with Gasteiger partial charge in [-0.05, 0) is 49.4 Å². The van der Waals surface area contributed by atoms with Gasteiger partial charge in [0, 0.05) is 11.7 Å². The topological polar surface area (TPSA) is 12.0 Å². The molecule has 0 bridgehead atoms. The number of aryl methyl sites for hydroxylation is 2. The lowest BCUT2D eigenvalue weighted by Gasteiger charge is -2.22. The van der Waals surface area contributed by atoms with Gasteiger partial charge < -0.3 is 5.32 Å². The Hall–Kier alpha value is -0.980. The molecule has 84 valence electrons. The van der Waals surface area contributed by atoms with Crippen LogP contribution in [0.1, 0.15) is 38.3 Å². The lowest BCUT2D eigenvalue weighted by atomic mass is 10.0. The molecule has 0 radical (unpaired) electrons. The van der Waals surface area contributed by atoms with Crippen molar-refractivity contribution in [2.45, 2.75) is 47.1 Å². The molecule has 1 N–H and O–H groups in total. The van der Waals surface area contributed by atoms with Crippen LogP contribution in [0.3, 0.4) is 0 Å². The van der Waals surface area contributed by atoms with Crippen LogP contribution in [0.25, 0.3) is 0 Å². The summed E-state index contributed by atoms with van der Waals surface area (Å²) in [4.78, 5) is 0. The van der Waals surface area contributed by atoms with Gasteiger partial charge in [-0.1, -0.05) is 26.8 Å². The fraction of sp³-hybridized carbons (Fsp3) is 0.571. The van der Waals surface area contributed by atoms with Crippen molar-refractivity contribution >= 4 is 5.69 Å². The van der Waals surface area contributed by atoms with Crippen LogP contribution in [0.2, 0.25) is 0 Å². The van der Waals surface area contributed by atoms with Crippen molar-refractivity contribution in [1.82, 2.24) is 0 Å². The second-order valence-corrected chi connectivity index (χ2v) is 4.70. The average Bonchev–Trinajstić information content (AvgIpc) is 2.19. The number of nitrogens with one attached hydrogen (secondary N) is 1. The van der Waals surface area contributed by atoms with Crippen LogP contribution < -0.4 is 5.32 Å². The van der Waals surface area contributed by atoms with Crippen molar-refractivity contribution in [3.63, 3.8) is 0 Å². The molecule has 0 spiro atoms. The predicted octanol–water partition coefficient (Wildman–Crippen LogP) is 4.15. The molecule has 0 aliphatic rings. The minimum absolute atomic E-state index is 0.576. The first-order chi connectivity index (χ1) is 7.04. The second-order valence-electron chi connectivity index (χ2n) is 4.70. The van der Waals surface area contributed by atoms with Crippen molar-refractivity contribution < 1.29 is 0 Å². The Bertz CT molecular complexity index is 315. The van der Waals surface area contributed by atoms with E-state index in [1.165, 1.54) is 23.2 Å². The summed E-state index contributed by atoms with van der Waals surface area (Å²) in [6, 6.07) is 7.17. The van der Waals surface area contributed by atoms with Crippen molar-refractivity contribution in [3.8, 4) is 0 Å². The molecule has 1 aromatic rings. The van der Waals surface area contributed by atoms with Crippen molar-refractivity contribution in [1.29, 1.82) is 0 Å². The van der Waals surface area contributed by atoms with E-state index in [0.29, 0.717) is 12.0 Å². The molecule has 1 aromatic carbocycles. The van der Waals surface area contributed by atoms with E-state index in [1.54, 1.807) is 0 Å². The Labute approximate surface area is 93.9 Å². The summed E-state index contributed by atoms with van der Waals surface area (Å²) in [7, 11) is 0. The molecule has 0 aliphatic heterocycles. The van der Waals surface area contributed by atoms with Gasteiger partial charge >= 0.3 is 0 Å². The van der Waals surface area contributed by atoms with Gasteiger partial charge in [0.25, 0.3) is 0 Å². The van der Waals surface area contributed by atoms with Gasteiger partial charge in [-0.25, -0.2) is 0 Å². The lowest BCUT2D eigenvalue weighted by molar-refractivity contribution is 0.511. The molecule has 0 amide bonds. The maximum absolute atomic E-state index is 3.60. The highest BCUT2D eigenvalue weighted by molar-refractivity contribution is 5.48. The normalized spacial score (nSPS) is 12.9. The van der Waals surface area contributed by atoms with Gasteiger partial charge in [-0.3, -0.25) is 0 Å². The Kier molecular flexibility index (Phi) is 4.19. The third-order valence-electron chi connectivity index (χ3n) is 3.10. The third-order valence-corrected chi connectivity index (χ3v) is 3.10. The maximum atomic E-state index is 3.60. The summed E-state index contributed by atoms with van der Waals surface area (Å²) in [5.74, 6) is 0.677. The monoisotopic (exact) mass is 205 g/mol. The zero-order chi connectivity index (χ0) is 11.4. The van der Waals surface area contributed by atoms with Crippen LogP contribution in [0.5, 0.6) is 0 Å². The van der Waals surface area contributed by atoms with Gasteiger partial charge in [0.05, 0.1) is 0 Å². The third kappa shape index (κ3) is 3.26. The average molecular weight is 205 g/mol. The molecule has 1 rings (SSSR count). The summed E-state index contributed by atoms with van der Waals surface area (Å²) < 4.78 is 0. The molecule has 0 heterocycles. The van der Waals surface area contributed by atoms with Crippen molar-refractivity contribution in [2.24, 2.45) is 5.92 Å². The van der Waals surface area contributed by atoms with E-state index in [9.17, 15) is 0 Å². The molecule has 0 saturated heterocycles. The summed E-state index contributed by atoms with van der Waals surface area (Å²) in [5.41, 5.74) is 3.97. The predicted molar refractivity (Wildman–Crippen MR) is 68.5 cm³/mol. The van der Waals surface area contributed by atoms with E-state index < -0.39 is 0 Å². The molecule has 15 heavy (non-hydrogen) atoms. The lowest BCUT2D eigenvalue weighted by Crippen LogP contribution is -2.24. The van der Waals surface area contributed by atoms with E-state index >= 15 is 0 Å². The molecule has 0 aliphatic carbocycles. The summed E-state index contributed by atoms with van der Waals surface area (Å²) >= 11 is 0. The molecule has 1 unspecified atom stereocenters. The summed E-state index contributed by atoms with van der Waals surface area (Å²) in [6.07, 6.45) is 1.17. The molecule has 1 heteroatoms. The van der Waals surface area contributed by atoms with Crippen LogP contribution in [-0.4, -0.2) is 6.04 Å². The molecule has 0 fully saturated rings. The van der Waals surface area contributed by atoms with E-state index in [1.807, 2.05) is 0 Å². The van der Waals surface area contributed by atoms with E-state index in [-0.39, 0.29) is 0 Å². The molecular weight excluding hydrogens is 182 g/mol. The summed E-state index contributed by atoms with van der Waals surface area (Å²) in [5, 5.41) is 3.60. The highest BCUT2D eigenvalue weighted by atomic mass is 14.9. The first kappa shape index (κ1) is 12.1. The maximum Gasteiger partial charge on any atom is 0.0345 e. The fourth-order valence-corrected chi connectivity index (χ4v) is 1.79. The van der Waals surface area contributed by atoms with Crippen LogP contribution in [0.15, 0.2) is 18.2 Å². The number of rotatable bonds is 4. The molecule has 0 saturated carbocycles. The minimum Gasteiger partial charge on any atom is -0.382 e. The fourth-order valence-electron chi connectivity index (χ4n) is 1.79. The number of hydrogen-bond acceptors (Lipinski definition) is 1. The highest BCUT2D eigenvalue weighted by Gasteiger charge is 2.10. The Morgan fingerprint density at radius 1 is 1.13 bits per heavy atom. The largest absolute Gasteiger partial charge is 0.382 e. The SMILES string of the molecule is CCC(Nc1ccc(C)c(C)c1)C(C)C. The molecule has 0 aromatic heterocycles. The molecule has 1 nitrogen and oxygen atoms in total. The smallest absolute Gasteiger partial charge is 0.0345 e. The second kappa shape index (κ2) is 5.20. The van der Waals surface area contributed by atoms with Crippen LogP contribution in [0, 0.1) is 19.8 Å². The highest BCUT2D eigenvalue weighted by Crippen LogP contribution is 2.18. The van der Waals surface area contributed by atoms with Gasteiger partial charge in [-0.2, -0.15) is 0 Å². The zero-order valence-electron chi connectivity index (χ0n) is 10.6. The Morgan fingerprint density at radius 2 is 1.80 bits per heavy atom. The van der Waals surface area contributed by atoms with Crippen LogP contribution >= 0.6 is 0 Å². The molecular formula is C14H23N. The number of hydrogen-bond donors (Lipinski definition) is 1. The van der Waals surface area contributed by atoms with Gasteiger partial charge in [-0.15, -0.1) is 0 Å². The minimum atomic E-state index is 0.576.